The largest absolute Gasteiger partial charge is 0.334 e. The number of rotatable bonds is 2. The Bertz CT molecular complexity index is 314. The van der Waals surface area contributed by atoms with Crippen LogP contribution in [-0.4, -0.2) is 11.6 Å². The van der Waals surface area contributed by atoms with Crippen LogP contribution in [0.1, 0.15) is 26.3 Å². The molecule has 1 rings (SSSR count). The summed E-state index contributed by atoms with van der Waals surface area (Å²) in [5.41, 5.74) is 0.905. The molecule has 1 aromatic carbocycles. The van der Waals surface area contributed by atoms with Crippen molar-refractivity contribution in [2.45, 2.75) is 32.9 Å². The van der Waals surface area contributed by atoms with Gasteiger partial charge in [0.1, 0.15) is 0 Å². The Labute approximate surface area is 90.9 Å². The molecule has 0 saturated carbocycles. The number of carbonyl (C=O) groups excluding carboxylic acids is 1. The minimum Gasteiger partial charge on any atom is -0.334 e. The summed E-state index contributed by atoms with van der Waals surface area (Å²) < 4.78 is 0. The summed E-state index contributed by atoms with van der Waals surface area (Å²) in [6.07, 6.45) is 0. The van der Waals surface area contributed by atoms with Gasteiger partial charge in [-0.15, -0.1) is 0 Å². The first-order chi connectivity index (χ1) is 6.97. The molecule has 0 heterocycles. The van der Waals surface area contributed by atoms with Gasteiger partial charge in [-0.1, -0.05) is 30.3 Å². The molecular formula is C12H18N2O. The van der Waals surface area contributed by atoms with E-state index in [-0.39, 0.29) is 11.6 Å². The Balaban J connectivity index is 2.35. The highest BCUT2D eigenvalue weighted by atomic mass is 16.2. The number of amides is 2. The maximum atomic E-state index is 11.4. The third kappa shape index (κ3) is 5.05. The van der Waals surface area contributed by atoms with Gasteiger partial charge in [0.2, 0.25) is 0 Å². The van der Waals surface area contributed by atoms with Crippen molar-refractivity contribution >= 4 is 6.03 Å². The summed E-state index contributed by atoms with van der Waals surface area (Å²) in [6.45, 7) is 6.42. The molecule has 15 heavy (non-hydrogen) atoms. The van der Waals surface area contributed by atoms with Gasteiger partial charge in [0.25, 0.3) is 0 Å². The molecule has 0 bridgehead atoms. The molecule has 2 N–H and O–H groups in total. The summed E-state index contributed by atoms with van der Waals surface area (Å²) in [7, 11) is 0. The van der Waals surface area contributed by atoms with Crippen molar-refractivity contribution in [1.29, 1.82) is 0 Å². The minimum atomic E-state index is -0.194. The number of urea groups is 1. The van der Waals surface area contributed by atoms with Gasteiger partial charge in [-0.3, -0.25) is 0 Å². The fourth-order valence-corrected chi connectivity index (χ4v) is 1.16. The molecule has 1 aromatic rings. The summed E-state index contributed by atoms with van der Waals surface area (Å²) in [5, 5.41) is 5.64. The molecular weight excluding hydrogens is 188 g/mol. The number of carbonyl (C=O) groups is 1. The summed E-state index contributed by atoms with van der Waals surface area (Å²) in [4.78, 5) is 11.4. The van der Waals surface area contributed by atoms with Crippen molar-refractivity contribution in [2.24, 2.45) is 0 Å². The van der Waals surface area contributed by atoms with Crippen LogP contribution in [0.4, 0.5) is 4.79 Å². The van der Waals surface area contributed by atoms with Gasteiger partial charge in [-0.2, -0.15) is 0 Å². The SMILES string of the molecule is CC(C)(C)NC(=O)NCc1ccccc1. The normalized spacial score (nSPS) is 10.9. The Morgan fingerprint density at radius 3 is 2.33 bits per heavy atom. The lowest BCUT2D eigenvalue weighted by Crippen LogP contribution is -2.46. The van der Waals surface area contributed by atoms with Gasteiger partial charge >= 0.3 is 6.03 Å². The van der Waals surface area contributed by atoms with Crippen molar-refractivity contribution in [3.63, 3.8) is 0 Å². The van der Waals surface area contributed by atoms with E-state index < -0.39 is 0 Å². The van der Waals surface area contributed by atoms with Crippen LogP contribution >= 0.6 is 0 Å². The second kappa shape index (κ2) is 4.82. The first kappa shape index (κ1) is 11.6. The standard InChI is InChI=1S/C12H18N2O/c1-12(2,3)14-11(15)13-9-10-7-5-4-6-8-10/h4-8H,9H2,1-3H3,(H2,13,14,15). The van der Waals surface area contributed by atoms with Gasteiger partial charge in [0.05, 0.1) is 0 Å². The van der Waals surface area contributed by atoms with E-state index >= 15 is 0 Å². The van der Waals surface area contributed by atoms with Crippen molar-refractivity contribution in [1.82, 2.24) is 10.6 Å². The minimum absolute atomic E-state index is 0.133. The van der Waals surface area contributed by atoms with Crippen molar-refractivity contribution in [3.05, 3.63) is 35.9 Å². The van der Waals surface area contributed by atoms with Gasteiger partial charge in [-0.05, 0) is 26.3 Å². The van der Waals surface area contributed by atoms with Crippen LogP contribution in [0.5, 0.6) is 0 Å². The van der Waals surface area contributed by atoms with E-state index in [0.29, 0.717) is 6.54 Å². The van der Waals surface area contributed by atoms with Crippen molar-refractivity contribution in [2.75, 3.05) is 0 Å². The molecule has 3 heteroatoms. The zero-order valence-corrected chi connectivity index (χ0v) is 9.50. The third-order valence-electron chi connectivity index (χ3n) is 1.78. The topological polar surface area (TPSA) is 41.1 Å². The van der Waals surface area contributed by atoms with E-state index in [4.69, 9.17) is 0 Å². The number of hydrogen-bond donors (Lipinski definition) is 2. The summed E-state index contributed by atoms with van der Waals surface area (Å²) >= 11 is 0. The molecule has 0 unspecified atom stereocenters. The van der Waals surface area contributed by atoms with Crippen LogP contribution in [0.25, 0.3) is 0 Å². The zero-order chi connectivity index (χ0) is 11.3. The summed E-state index contributed by atoms with van der Waals surface area (Å²) in [6, 6.07) is 9.71. The van der Waals surface area contributed by atoms with Crippen LogP contribution in [0, 0.1) is 0 Å². The molecule has 0 aliphatic rings. The Morgan fingerprint density at radius 2 is 1.80 bits per heavy atom. The molecule has 3 nitrogen and oxygen atoms in total. The van der Waals surface area contributed by atoms with Gasteiger partial charge in [0.15, 0.2) is 0 Å². The molecule has 0 aromatic heterocycles. The summed E-state index contributed by atoms with van der Waals surface area (Å²) in [5.74, 6) is 0. The molecule has 0 spiro atoms. The van der Waals surface area contributed by atoms with E-state index in [9.17, 15) is 4.79 Å². The number of benzene rings is 1. The molecule has 0 atom stereocenters. The van der Waals surface area contributed by atoms with Crippen molar-refractivity contribution < 1.29 is 4.79 Å². The Kier molecular flexibility index (Phi) is 3.72. The predicted molar refractivity (Wildman–Crippen MR) is 61.6 cm³/mol. The smallest absolute Gasteiger partial charge is 0.315 e. The Hall–Kier alpha value is -1.51. The lowest BCUT2D eigenvalue weighted by Gasteiger charge is -2.20. The van der Waals surface area contributed by atoms with Crippen LogP contribution in [-0.2, 0) is 6.54 Å². The van der Waals surface area contributed by atoms with E-state index in [0.717, 1.165) is 5.56 Å². The van der Waals surface area contributed by atoms with Gasteiger partial charge in [0, 0.05) is 12.1 Å². The second-order valence-corrected chi connectivity index (χ2v) is 4.54. The van der Waals surface area contributed by atoms with Crippen molar-refractivity contribution in [3.8, 4) is 0 Å². The van der Waals surface area contributed by atoms with E-state index in [2.05, 4.69) is 10.6 Å². The van der Waals surface area contributed by atoms with E-state index in [1.807, 2.05) is 51.1 Å². The zero-order valence-electron chi connectivity index (χ0n) is 9.50. The average Bonchev–Trinajstić information content (AvgIpc) is 2.14. The lowest BCUT2D eigenvalue weighted by atomic mass is 10.1. The van der Waals surface area contributed by atoms with Crippen LogP contribution in [0.3, 0.4) is 0 Å². The molecule has 0 radical (unpaired) electrons. The number of nitrogens with one attached hydrogen (secondary N) is 2. The van der Waals surface area contributed by atoms with Gasteiger partial charge in [-0.25, -0.2) is 4.79 Å². The number of hydrogen-bond acceptors (Lipinski definition) is 1. The maximum Gasteiger partial charge on any atom is 0.315 e. The highest BCUT2D eigenvalue weighted by Gasteiger charge is 2.12. The quantitative estimate of drug-likeness (QED) is 0.765. The average molecular weight is 206 g/mol. The second-order valence-electron chi connectivity index (χ2n) is 4.54. The fourth-order valence-electron chi connectivity index (χ4n) is 1.16. The molecule has 82 valence electrons. The third-order valence-corrected chi connectivity index (χ3v) is 1.78. The van der Waals surface area contributed by atoms with Crippen LogP contribution < -0.4 is 10.6 Å². The first-order valence-electron chi connectivity index (χ1n) is 5.07. The maximum absolute atomic E-state index is 11.4. The van der Waals surface area contributed by atoms with E-state index in [1.165, 1.54) is 0 Å². The molecule has 2 amide bonds. The fraction of sp³-hybridized carbons (Fsp3) is 0.417. The highest BCUT2D eigenvalue weighted by molar-refractivity contribution is 5.74. The molecule has 0 saturated heterocycles. The molecule has 0 aliphatic heterocycles. The van der Waals surface area contributed by atoms with Crippen LogP contribution in [0.15, 0.2) is 30.3 Å². The first-order valence-corrected chi connectivity index (χ1v) is 5.07. The Morgan fingerprint density at radius 1 is 1.20 bits per heavy atom. The lowest BCUT2D eigenvalue weighted by molar-refractivity contribution is 0.231. The van der Waals surface area contributed by atoms with Gasteiger partial charge < -0.3 is 10.6 Å². The van der Waals surface area contributed by atoms with E-state index in [1.54, 1.807) is 0 Å². The predicted octanol–water partition coefficient (Wildman–Crippen LogP) is 2.28. The molecule has 0 aliphatic carbocycles. The van der Waals surface area contributed by atoms with Crippen LogP contribution in [0.2, 0.25) is 0 Å². The molecule has 0 fully saturated rings. The highest BCUT2D eigenvalue weighted by Crippen LogP contribution is 1.99. The monoisotopic (exact) mass is 206 g/mol.